The molecule has 1 amide bonds. The van der Waals surface area contributed by atoms with Gasteiger partial charge in [0.05, 0.1) is 0 Å². The lowest BCUT2D eigenvalue weighted by atomic mass is 10.0. The summed E-state index contributed by atoms with van der Waals surface area (Å²) in [6, 6.07) is 8.33. The molecule has 3 saturated carbocycles. The highest BCUT2D eigenvalue weighted by molar-refractivity contribution is 5.77. The molecule has 4 rings (SSSR count). The van der Waals surface area contributed by atoms with Gasteiger partial charge in [0.2, 0.25) is 5.91 Å². The molecular weight excluding hydrogens is 248 g/mol. The predicted octanol–water partition coefficient (Wildman–Crippen LogP) is 2.36. The van der Waals surface area contributed by atoms with Crippen LogP contribution in [0.1, 0.15) is 31.2 Å². The van der Waals surface area contributed by atoms with Crippen molar-refractivity contribution in [1.82, 2.24) is 5.32 Å². The molecular formula is C17H22N2O. The molecule has 1 aromatic rings. The smallest absolute Gasteiger partial charge is 0.220 e. The first-order valence-electron chi connectivity index (χ1n) is 7.86. The fourth-order valence-electron chi connectivity index (χ4n) is 4.78. The van der Waals surface area contributed by atoms with Crippen LogP contribution in [0.15, 0.2) is 24.3 Å². The monoisotopic (exact) mass is 270 g/mol. The SMILES string of the molecule is Nc1cccc(CCC(=O)NC2C3C4CCC(C4)C23)c1. The van der Waals surface area contributed by atoms with Gasteiger partial charge in [-0.15, -0.1) is 0 Å². The molecule has 0 saturated heterocycles. The zero-order chi connectivity index (χ0) is 13.7. The number of anilines is 1. The summed E-state index contributed by atoms with van der Waals surface area (Å²) in [5.74, 6) is 3.70. The van der Waals surface area contributed by atoms with Crippen LogP contribution >= 0.6 is 0 Å². The number of fused-ring (bicyclic) bond motifs is 5. The van der Waals surface area contributed by atoms with Gasteiger partial charge in [-0.3, -0.25) is 4.79 Å². The Bertz CT molecular complexity index is 526. The Morgan fingerprint density at radius 2 is 2.00 bits per heavy atom. The molecule has 4 atom stereocenters. The van der Waals surface area contributed by atoms with Crippen molar-refractivity contribution >= 4 is 11.6 Å². The molecule has 0 aliphatic heterocycles. The Morgan fingerprint density at radius 3 is 2.70 bits per heavy atom. The number of nitrogen functional groups attached to an aromatic ring is 1. The lowest BCUT2D eigenvalue weighted by Crippen LogP contribution is -2.30. The molecule has 0 spiro atoms. The normalized spacial score (nSPS) is 36.7. The highest BCUT2D eigenvalue weighted by Gasteiger charge is 2.65. The van der Waals surface area contributed by atoms with Crippen molar-refractivity contribution in [3.63, 3.8) is 0 Å². The largest absolute Gasteiger partial charge is 0.399 e. The van der Waals surface area contributed by atoms with E-state index in [1.54, 1.807) is 0 Å². The minimum atomic E-state index is 0.214. The second-order valence-electron chi connectivity index (χ2n) is 6.83. The Labute approximate surface area is 119 Å². The maximum atomic E-state index is 12.1. The van der Waals surface area contributed by atoms with Crippen LogP contribution in [0.3, 0.4) is 0 Å². The minimum absolute atomic E-state index is 0.214. The van der Waals surface area contributed by atoms with E-state index in [4.69, 9.17) is 5.73 Å². The summed E-state index contributed by atoms with van der Waals surface area (Å²) >= 11 is 0. The molecule has 0 radical (unpaired) electrons. The fourth-order valence-corrected chi connectivity index (χ4v) is 4.78. The van der Waals surface area contributed by atoms with Gasteiger partial charge in [0.15, 0.2) is 0 Å². The van der Waals surface area contributed by atoms with E-state index < -0.39 is 0 Å². The first-order chi connectivity index (χ1) is 9.72. The van der Waals surface area contributed by atoms with Gasteiger partial charge in [0.25, 0.3) is 0 Å². The topological polar surface area (TPSA) is 55.1 Å². The van der Waals surface area contributed by atoms with Crippen molar-refractivity contribution in [1.29, 1.82) is 0 Å². The van der Waals surface area contributed by atoms with Crippen molar-refractivity contribution in [2.45, 2.75) is 38.1 Å². The number of carbonyl (C=O) groups is 1. The van der Waals surface area contributed by atoms with E-state index in [1.165, 1.54) is 19.3 Å². The third kappa shape index (κ3) is 2.00. The summed E-state index contributed by atoms with van der Waals surface area (Å²) in [4.78, 5) is 12.1. The molecule has 3 aliphatic carbocycles. The summed E-state index contributed by atoms with van der Waals surface area (Å²) in [6.07, 6.45) is 5.61. The molecule has 2 bridgehead atoms. The molecule has 20 heavy (non-hydrogen) atoms. The summed E-state index contributed by atoms with van der Waals surface area (Å²) in [5, 5.41) is 3.27. The summed E-state index contributed by atoms with van der Waals surface area (Å²) in [7, 11) is 0. The number of rotatable bonds is 4. The zero-order valence-corrected chi connectivity index (χ0v) is 11.7. The molecule has 1 aromatic carbocycles. The number of carbonyl (C=O) groups excluding carboxylic acids is 1. The summed E-state index contributed by atoms with van der Waals surface area (Å²) < 4.78 is 0. The van der Waals surface area contributed by atoms with Crippen LogP contribution in [0.25, 0.3) is 0 Å². The van der Waals surface area contributed by atoms with Gasteiger partial charge in [0.1, 0.15) is 0 Å². The minimum Gasteiger partial charge on any atom is -0.399 e. The summed E-state index contributed by atoms with van der Waals surface area (Å²) in [5.41, 5.74) is 7.68. The van der Waals surface area contributed by atoms with Crippen molar-refractivity contribution in [2.75, 3.05) is 5.73 Å². The molecule has 3 aliphatic rings. The Balaban J connectivity index is 1.28. The van der Waals surface area contributed by atoms with Gasteiger partial charge in [0, 0.05) is 18.2 Å². The second kappa shape index (κ2) is 4.51. The van der Waals surface area contributed by atoms with Gasteiger partial charge >= 0.3 is 0 Å². The van der Waals surface area contributed by atoms with E-state index >= 15 is 0 Å². The summed E-state index contributed by atoms with van der Waals surface area (Å²) in [6.45, 7) is 0. The van der Waals surface area contributed by atoms with Crippen LogP contribution in [0.4, 0.5) is 5.69 Å². The average molecular weight is 270 g/mol. The molecule has 0 heterocycles. The van der Waals surface area contributed by atoms with Gasteiger partial charge < -0.3 is 11.1 Å². The lowest BCUT2D eigenvalue weighted by Gasteiger charge is -2.10. The van der Waals surface area contributed by atoms with E-state index in [0.29, 0.717) is 12.5 Å². The third-order valence-electron chi connectivity index (χ3n) is 5.65. The van der Waals surface area contributed by atoms with Gasteiger partial charge in [-0.1, -0.05) is 12.1 Å². The van der Waals surface area contributed by atoms with Gasteiger partial charge in [-0.25, -0.2) is 0 Å². The van der Waals surface area contributed by atoms with Gasteiger partial charge in [-0.05, 0) is 67.1 Å². The van der Waals surface area contributed by atoms with Crippen LogP contribution in [-0.2, 0) is 11.2 Å². The van der Waals surface area contributed by atoms with Crippen LogP contribution in [0.5, 0.6) is 0 Å². The van der Waals surface area contributed by atoms with E-state index in [1.807, 2.05) is 24.3 Å². The average Bonchev–Trinajstić information content (AvgIpc) is 2.84. The highest BCUT2D eigenvalue weighted by Crippen LogP contribution is 2.65. The van der Waals surface area contributed by atoms with Crippen LogP contribution in [-0.4, -0.2) is 11.9 Å². The van der Waals surface area contributed by atoms with Crippen LogP contribution < -0.4 is 11.1 Å². The molecule has 3 N–H and O–H groups in total. The maximum absolute atomic E-state index is 12.1. The van der Waals surface area contributed by atoms with E-state index in [-0.39, 0.29) is 5.91 Å². The number of benzene rings is 1. The maximum Gasteiger partial charge on any atom is 0.220 e. The molecule has 4 unspecified atom stereocenters. The Hall–Kier alpha value is -1.51. The van der Waals surface area contributed by atoms with E-state index in [9.17, 15) is 4.79 Å². The highest BCUT2D eigenvalue weighted by atomic mass is 16.1. The number of aryl methyl sites for hydroxylation is 1. The van der Waals surface area contributed by atoms with E-state index in [0.717, 1.165) is 41.3 Å². The van der Waals surface area contributed by atoms with E-state index in [2.05, 4.69) is 5.32 Å². The molecule has 3 nitrogen and oxygen atoms in total. The molecule has 3 fully saturated rings. The second-order valence-corrected chi connectivity index (χ2v) is 6.83. The first-order valence-corrected chi connectivity index (χ1v) is 7.86. The molecule has 0 aromatic heterocycles. The Kier molecular flexibility index (Phi) is 2.76. The van der Waals surface area contributed by atoms with Gasteiger partial charge in [-0.2, -0.15) is 0 Å². The number of amides is 1. The molecule has 106 valence electrons. The fraction of sp³-hybridized carbons (Fsp3) is 0.588. The van der Waals surface area contributed by atoms with Crippen LogP contribution in [0.2, 0.25) is 0 Å². The molecule has 3 heteroatoms. The number of hydrogen-bond acceptors (Lipinski definition) is 2. The first kappa shape index (κ1) is 12.2. The number of nitrogens with one attached hydrogen (secondary N) is 1. The quantitative estimate of drug-likeness (QED) is 0.825. The van der Waals surface area contributed by atoms with Crippen molar-refractivity contribution in [3.05, 3.63) is 29.8 Å². The van der Waals surface area contributed by atoms with Crippen molar-refractivity contribution in [3.8, 4) is 0 Å². The lowest BCUT2D eigenvalue weighted by molar-refractivity contribution is -0.121. The zero-order valence-electron chi connectivity index (χ0n) is 11.7. The number of nitrogens with two attached hydrogens (primary N) is 1. The third-order valence-corrected chi connectivity index (χ3v) is 5.65. The predicted molar refractivity (Wildman–Crippen MR) is 78.9 cm³/mol. The van der Waals surface area contributed by atoms with Crippen molar-refractivity contribution in [2.24, 2.45) is 23.7 Å². The standard InChI is InChI=1S/C17H22N2O/c18-13-3-1-2-10(8-13)4-7-14(20)19-17-15-11-5-6-12(9-11)16(15)17/h1-3,8,11-12,15-17H,4-7,9,18H2,(H,19,20). The van der Waals surface area contributed by atoms with Crippen LogP contribution in [0, 0.1) is 23.7 Å². The number of hydrogen-bond donors (Lipinski definition) is 2. The Morgan fingerprint density at radius 1 is 1.25 bits per heavy atom. The van der Waals surface area contributed by atoms with Crippen molar-refractivity contribution < 1.29 is 4.79 Å².